The summed E-state index contributed by atoms with van der Waals surface area (Å²) in [5.41, 5.74) is 0.972. The summed E-state index contributed by atoms with van der Waals surface area (Å²) < 4.78 is 27.7. The van der Waals surface area contributed by atoms with Crippen molar-refractivity contribution in [2.75, 3.05) is 0 Å². The van der Waals surface area contributed by atoms with Crippen LogP contribution in [0.3, 0.4) is 0 Å². The molecule has 1 fully saturated rings. The van der Waals surface area contributed by atoms with Gasteiger partial charge in [-0.3, -0.25) is 4.79 Å². The fourth-order valence-corrected chi connectivity index (χ4v) is 2.62. The second-order valence-electron chi connectivity index (χ2n) is 5.28. The highest BCUT2D eigenvalue weighted by molar-refractivity contribution is 6.01. The molecule has 0 N–H and O–H groups in total. The predicted octanol–water partition coefficient (Wildman–Crippen LogP) is 4.26. The quantitative estimate of drug-likeness (QED) is 0.763. The van der Waals surface area contributed by atoms with Crippen LogP contribution in [0.5, 0.6) is 0 Å². The summed E-state index contributed by atoms with van der Waals surface area (Å²) >= 11 is 0. The molecule has 1 aliphatic carbocycles. The van der Waals surface area contributed by atoms with E-state index in [4.69, 9.17) is 0 Å². The van der Waals surface area contributed by atoms with Gasteiger partial charge in [-0.1, -0.05) is 36.4 Å². The van der Waals surface area contributed by atoms with E-state index < -0.39 is 17.4 Å². The van der Waals surface area contributed by atoms with Crippen LogP contribution in [-0.2, 0) is 0 Å². The molecule has 1 nitrogen and oxygen atoms in total. The third-order valence-electron chi connectivity index (χ3n) is 3.89. The van der Waals surface area contributed by atoms with Crippen molar-refractivity contribution in [3.05, 3.63) is 70.8 Å². The summed E-state index contributed by atoms with van der Waals surface area (Å²) in [5.74, 6) is -2.13. The molecule has 3 rings (SSSR count). The van der Waals surface area contributed by atoms with Crippen molar-refractivity contribution in [3.8, 4) is 0 Å². The van der Waals surface area contributed by atoms with Crippen molar-refractivity contribution in [3.63, 3.8) is 0 Å². The van der Waals surface area contributed by atoms with Crippen LogP contribution in [-0.4, -0.2) is 5.78 Å². The number of aryl methyl sites for hydroxylation is 1. The molecule has 20 heavy (non-hydrogen) atoms. The molecule has 0 heterocycles. The number of benzene rings is 2. The van der Waals surface area contributed by atoms with E-state index in [1.54, 1.807) is 0 Å². The Balaban J connectivity index is 1.88. The number of carbonyl (C=O) groups is 1. The SMILES string of the molecule is Cc1ccc(F)c(C(=O)C2CC2c2ccccc2)c1F. The van der Waals surface area contributed by atoms with Crippen LogP contribution >= 0.6 is 0 Å². The number of Topliss-reactive ketones (excluding diaryl/α,β-unsaturated/α-hetero) is 1. The molecule has 1 saturated carbocycles. The predicted molar refractivity (Wildman–Crippen MR) is 72.7 cm³/mol. The van der Waals surface area contributed by atoms with E-state index in [1.165, 1.54) is 13.0 Å². The van der Waals surface area contributed by atoms with Gasteiger partial charge in [-0.05, 0) is 36.5 Å². The first-order chi connectivity index (χ1) is 9.59. The molecule has 0 aliphatic heterocycles. The third-order valence-corrected chi connectivity index (χ3v) is 3.89. The highest BCUT2D eigenvalue weighted by Gasteiger charge is 2.45. The zero-order valence-electron chi connectivity index (χ0n) is 11.1. The summed E-state index contributed by atoms with van der Waals surface area (Å²) in [4.78, 5) is 12.3. The minimum Gasteiger partial charge on any atom is -0.294 e. The van der Waals surface area contributed by atoms with Gasteiger partial charge < -0.3 is 0 Å². The monoisotopic (exact) mass is 272 g/mol. The third kappa shape index (κ3) is 2.13. The normalized spacial score (nSPS) is 20.8. The Morgan fingerprint density at radius 1 is 1.10 bits per heavy atom. The topological polar surface area (TPSA) is 17.1 Å². The lowest BCUT2D eigenvalue weighted by molar-refractivity contribution is 0.0956. The molecule has 0 spiro atoms. The minimum atomic E-state index is -0.767. The van der Waals surface area contributed by atoms with Gasteiger partial charge in [0.1, 0.15) is 11.6 Å². The Hall–Kier alpha value is -2.03. The molecular formula is C17H14F2O. The van der Waals surface area contributed by atoms with E-state index in [9.17, 15) is 13.6 Å². The maximum absolute atomic E-state index is 14.0. The first-order valence-corrected chi connectivity index (χ1v) is 6.63. The lowest BCUT2D eigenvalue weighted by Crippen LogP contribution is -2.10. The Morgan fingerprint density at radius 2 is 1.80 bits per heavy atom. The van der Waals surface area contributed by atoms with Gasteiger partial charge >= 0.3 is 0 Å². The Kier molecular flexibility index (Phi) is 3.13. The van der Waals surface area contributed by atoms with Crippen molar-refractivity contribution >= 4 is 5.78 Å². The van der Waals surface area contributed by atoms with E-state index in [0.717, 1.165) is 11.6 Å². The average molecular weight is 272 g/mol. The maximum atomic E-state index is 14.0. The molecule has 0 saturated heterocycles. The van der Waals surface area contributed by atoms with E-state index in [0.29, 0.717) is 12.0 Å². The number of hydrogen-bond acceptors (Lipinski definition) is 1. The van der Waals surface area contributed by atoms with Gasteiger partial charge in [-0.25, -0.2) is 8.78 Å². The summed E-state index contributed by atoms with van der Waals surface area (Å²) in [6.45, 7) is 1.53. The minimum absolute atomic E-state index is 0.0861. The molecule has 2 unspecified atom stereocenters. The molecule has 2 aromatic carbocycles. The zero-order chi connectivity index (χ0) is 14.3. The van der Waals surface area contributed by atoms with Crippen LogP contribution in [0.1, 0.15) is 33.8 Å². The molecule has 3 heteroatoms. The second-order valence-corrected chi connectivity index (χ2v) is 5.28. The first-order valence-electron chi connectivity index (χ1n) is 6.63. The van der Waals surface area contributed by atoms with E-state index in [2.05, 4.69) is 0 Å². The summed E-state index contributed by atoms with van der Waals surface area (Å²) in [6, 6.07) is 12.1. The number of hydrogen-bond donors (Lipinski definition) is 0. The van der Waals surface area contributed by atoms with Gasteiger partial charge in [-0.2, -0.15) is 0 Å². The van der Waals surface area contributed by atoms with Crippen LogP contribution in [0.15, 0.2) is 42.5 Å². The molecule has 0 amide bonds. The molecular weight excluding hydrogens is 258 g/mol. The Morgan fingerprint density at radius 3 is 2.50 bits per heavy atom. The highest BCUT2D eigenvalue weighted by Crippen LogP contribution is 2.49. The summed E-state index contributed by atoms with van der Waals surface area (Å²) in [7, 11) is 0. The van der Waals surface area contributed by atoms with Crippen LogP contribution in [0.25, 0.3) is 0 Å². The van der Waals surface area contributed by atoms with Crippen molar-refractivity contribution in [1.29, 1.82) is 0 Å². The van der Waals surface area contributed by atoms with Gasteiger partial charge in [0.05, 0.1) is 5.56 Å². The van der Waals surface area contributed by atoms with E-state index in [1.807, 2.05) is 30.3 Å². The Bertz CT molecular complexity index is 664. The van der Waals surface area contributed by atoms with Gasteiger partial charge in [0.2, 0.25) is 0 Å². The maximum Gasteiger partial charge on any atom is 0.172 e. The largest absolute Gasteiger partial charge is 0.294 e. The summed E-state index contributed by atoms with van der Waals surface area (Å²) in [6.07, 6.45) is 0.662. The Labute approximate surface area is 116 Å². The van der Waals surface area contributed by atoms with Crippen LogP contribution in [0.4, 0.5) is 8.78 Å². The number of ketones is 1. The van der Waals surface area contributed by atoms with E-state index in [-0.39, 0.29) is 17.4 Å². The van der Waals surface area contributed by atoms with Gasteiger partial charge in [-0.15, -0.1) is 0 Å². The fourth-order valence-electron chi connectivity index (χ4n) is 2.62. The lowest BCUT2D eigenvalue weighted by atomic mass is 10.00. The van der Waals surface area contributed by atoms with Crippen LogP contribution in [0.2, 0.25) is 0 Å². The molecule has 102 valence electrons. The fraction of sp³-hybridized carbons (Fsp3) is 0.235. The highest BCUT2D eigenvalue weighted by atomic mass is 19.1. The van der Waals surface area contributed by atoms with Gasteiger partial charge in [0.25, 0.3) is 0 Å². The lowest BCUT2D eigenvalue weighted by Gasteiger charge is -2.06. The van der Waals surface area contributed by atoms with Crippen molar-refractivity contribution < 1.29 is 13.6 Å². The van der Waals surface area contributed by atoms with Gasteiger partial charge in [0.15, 0.2) is 5.78 Å². The van der Waals surface area contributed by atoms with Crippen molar-refractivity contribution in [2.45, 2.75) is 19.3 Å². The van der Waals surface area contributed by atoms with Crippen LogP contribution in [0, 0.1) is 24.5 Å². The van der Waals surface area contributed by atoms with E-state index >= 15 is 0 Å². The second kappa shape index (κ2) is 4.82. The molecule has 0 radical (unpaired) electrons. The standard InChI is InChI=1S/C17H14F2O/c1-10-7-8-14(18)15(16(10)19)17(20)13-9-12(13)11-5-3-2-4-6-11/h2-8,12-13H,9H2,1H3. The number of rotatable bonds is 3. The van der Waals surface area contributed by atoms with Gasteiger partial charge in [0, 0.05) is 5.92 Å². The molecule has 2 atom stereocenters. The molecule has 0 aromatic heterocycles. The number of carbonyl (C=O) groups excluding carboxylic acids is 1. The van der Waals surface area contributed by atoms with Crippen molar-refractivity contribution in [1.82, 2.24) is 0 Å². The first kappa shape index (κ1) is 13.0. The average Bonchev–Trinajstić information content (AvgIpc) is 3.25. The zero-order valence-corrected chi connectivity index (χ0v) is 11.1. The molecule has 2 aromatic rings. The summed E-state index contributed by atoms with van der Waals surface area (Å²) in [5, 5.41) is 0. The smallest absolute Gasteiger partial charge is 0.172 e. The van der Waals surface area contributed by atoms with Crippen LogP contribution < -0.4 is 0 Å². The number of halogens is 2. The van der Waals surface area contributed by atoms with Crippen molar-refractivity contribution in [2.24, 2.45) is 5.92 Å². The molecule has 0 bridgehead atoms. The molecule has 1 aliphatic rings.